The van der Waals surface area contributed by atoms with Gasteiger partial charge in [0.2, 0.25) is 0 Å². The first-order chi connectivity index (χ1) is 8.67. The quantitative estimate of drug-likeness (QED) is 0.824. The summed E-state index contributed by atoms with van der Waals surface area (Å²) >= 11 is 0. The number of fused-ring (bicyclic) bond motifs is 1. The molecule has 1 heterocycles. The first-order valence-corrected chi connectivity index (χ1v) is 5.87. The van der Waals surface area contributed by atoms with Crippen LogP contribution in [0.25, 0.3) is 10.9 Å². The van der Waals surface area contributed by atoms with E-state index in [0.717, 1.165) is 17.4 Å². The van der Waals surface area contributed by atoms with Gasteiger partial charge in [-0.05, 0) is 13.0 Å². The van der Waals surface area contributed by atoms with Gasteiger partial charge in [0.05, 0.1) is 18.3 Å². The number of carbonyl (C=O) groups is 1. The van der Waals surface area contributed by atoms with Crippen molar-refractivity contribution in [3.63, 3.8) is 0 Å². The van der Waals surface area contributed by atoms with Crippen LogP contribution in [0.1, 0.15) is 12.6 Å². The Morgan fingerprint density at radius 3 is 2.89 bits per heavy atom. The standard InChI is InChI=1S/C13H16N2O3/c1-3-15-11-7-5-4-6-9(11)10(14-15)8-12(16)13(17)18-2/h4-7,12,16H,3,8H2,1-2H3. The van der Waals surface area contributed by atoms with Crippen LogP contribution in [-0.2, 0) is 22.5 Å². The smallest absolute Gasteiger partial charge is 0.335 e. The number of aryl methyl sites for hydroxylation is 1. The number of ether oxygens (including phenoxy) is 1. The Balaban J connectivity index is 2.36. The second kappa shape index (κ2) is 5.18. The molecule has 0 saturated carbocycles. The highest BCUT2D eigenvalue weighted by atomic mass is 16.5. The molecular weight excluding hydrogens is 232 g/mol. The number of esters is 1. The summed E-state index contributed by atoms with van der Waals surface area (Å²) in [5.41, 5.74) is 1.72. The van der Waals surface area contributed by atoms with Crippen LogP contribution in [0.3, 0.4) is 0 Å². The van der Waals surface area contributed by atoms with Gasteiger partial charge in [0.15, 0.2) is 6.10 Å². The van der Waals surface area contributed by atoms with E-state index >= 15 is 0 Å². The van der Waals surface area contributed by atoms with Crippen molar-refractivity contribution in [2.24, 2.45) is 0 Å². The monoisotopic (exact) mass is 248 g/mol. The van der Waals surface area contributed by atoms with Gasteiger partial charge in [0, 0.05) is 18.4 Å². The molecule has 0 amide bonds. The maximum absolute atomic E-state index is 11.2. The molecule has 5 nitrogen and oxygen atoms in total. The van der Waals surface area contributed by atoms with Crippen molar-refractivity contribution in [2.75, 3.05) is 7.11 Å². The number of hydrogen-bond donors (Lipinski definition) is 1. The van der Waals surface area contributed by atoms with Crippen molar-refractivity contribution < 1.29 is 14.6 Å². The van der Waals surface area contributed by atoms with E-state index in [1.54, 1.807) is 0 Å². The summed E-state index contributed by atoms with van der Waals surface area (Å²) in [6.45, 7) is 2.74. The summed E-state index contributed by atoms with van der Waals surface area (Å²) in [6.07, 6.45) is -1.00. The van der Waals surface area contributed by atoms with Crippen LogP contribution >= 0.6 is 0 Å². The van der Waals surface area contributed by atoms with E-state index < -0.39 is 12.1 Å². The van der Waals surface area contributed by atoms with Crippen molar-refractivity contribution >= 4 is 16.9 Å². The van der Waals surface area contributed by atoms with E-state index in [1.165, 1.54) is 7.11 Å². The summed E-state index contributed by atoms with van der Waals surface area (Å²) in [6, 6.07) is 7.77. The third kappa shape index (κ3) is 2.22. The molecule has 0 spiro atoms. The minimum absolute atomic E-state index is 0.167. The molecule has 1 aromatic carbocycles. The molecule has 1 unspecified atom stereocenters. The molecule has 0 bridgehead atoms. The number of aromatic nitrogens is 2. The zero-order chi connectivity index (χ0) is 13.1. The lowest BCUT2D eigenvalue weighted by Crippen LogP contribution is -2.24. The van der Waals surface area contributed by atoms with Gasteiger partial charge in [-0.15, -0.1) is 0 Å². The zero-order valence-corrected chi connectivity index (χ0v) is 10.5. The number of carbonyl (C=O) groups excluding carboxylic acids is 1. The Kier molecular flexibility index (Phi) is 3.62. The normalized spacial score (nSPS) is 12.6. The van der Waals surface area contributed by atoms with Crippen LogP contribution in [0.15, 0.2) is 24.3 Å². The van der Waals surface area contributed by atoms with Crippen molar-refractivity contribution in [1.29, 1.82) is 0 Å². The highest BCUT2D eigenvalue weighted by Crippen LogP contribution is 2.19. The Morgan fingerprint density at radius 2 is 2.22 bits per heavy atom. The maximum atomic E-state index is 11.2. The van der Waals surface area contributed by atoms with Crippen molar-refractivity contribution in [3.8, 4) is 0 Å². The minimum Gasteiger partial charge on any atom is -0.467 e. The fourth-order valence-corrected chi connectivity index (χ4v) is 1.99. The lowest BCUT2D eigenvalue weighted by Gasteiger charge is -2.05. The summed E-state index contributed by atoms with van der Waals surface area (Å²) in [5, 5.41) is 15.1. The second-order valence-corrected chi connectivity index (χ2v) is 4.02. The third-order valence-electron chi connectivity index (χ3n) is 2.89. The van der Waals surface area contributed by atoms with E-state index in [-0.39, 0.29) is 6.42 Å². The fraction of sp³-hybridized carbons (Fsp3) is 0.385. The number of aliphatic hydroxyl groups is 1. The van der Waals surface area contributed by atoms with Crippen molar-refractivity contribution in [2.45, 2.75) is 26.0 Å². The number of aliphatic hydroxyl groups excluding tert-OH is 1. The predicted molar refractivity (Wildman–Crippen MR) is 67.1 cm³/mol. The van der Waals surface area contributed by atoms with Crippen LogP contribution in [0.4, 0.5) is 0 Å². The van der Waals surface area contributed by atoms with E-state index in [0.29, 0.717) is 5.69 Å². The summed E-state index contributed by atoms with van der Waals surface area (Å²) in [5.74, 6) is -0.634. The maximum Gasteiger partial charge on any atom is 0.335 e. The average Bonchev–Trinajstić information content (AvgIpc) is 2.76. The Hall–Kier alpha value is -1.88. The number of benzene rings is 1. The summed E-state index contributed by atoms with van der Waals surface area (Å²) < 4.78 is 6.36. The Labute approximate surface area is 105 Å². The first-order valence-electron chi connectivity index (χ1n) is 5.87. The topological polar surface area (TPSA) is 64.3 Å². The average molecular weight is 248 g/mol. The van der Waals surface area contributed by atoms with Gasteiger partial charge < -0.3 is 9.84 Å². The molecule has 0 aliphatic rings. The van der Waals surface area contributed by atoms with Crippen molar-refractivity contribution in [3.05, 3.63) is 30.0 Å². The van der Waals surface area contributed by atoms with Gasteiger partial charge in [-0.1, -0.05) is 18.2 Å². The molecule has 96 valence electrons. The van der Waals surface area contributed by atoms with Crippen LogP contribution in [-0.4, -0.2) is 34.1 Å². The summed E-state index contributed by atoms with van der Waals surface area (Å²) in [7, 11) is 1.26. The molecule has 0 aliphatic heterocycles. The Bertz CT molecular complexity index is 562. The molecule has 0 radical (unpaired) electrons. The van der Waals surface area contributed by atoms with E-state index in [4.69, 9.17) is 0 Å². The zero-order valence-electron chi connectivity index (χ0n) is 10.5. The SMILES string of the molecule is CCn1nc(CC(O)C(=O)OC)c2ccccc21. The van der Waals surface area contributed by atoms with Gasteiger partial charge in [-0.25, -0.2) is 4.79 Å². The van der Waals surface area contributed by atoms with Crippen LogP contribution in [0.5, 0.6) is 0 Å². The molecular formula is C13H16N2O3. The van der Waals surface area contributed by atoms with Gasteiger partial charge in [-0.3, -0.25) is 4.68 Å². The number of hydrogen-bond acceptors (Lipinski definition) is 4. The molecule has 2 rings (SSSR count). The molecule has 0 aliphatic carbocycles. The van der Waals surface area contributed by atoms with Gasteiger partial charge >= 0.3 is 5.97 Å². The largest absolute Gasteiger partial charge is 0.467 e. The molecule has 18 heavy (non-hydrogen) atoms. The van der Waals surface area contributed by atoms with Crippen LogP contribution < -0.4 is 0 Å². The van der Waals surface area contributed by atoms with Crippen molar-refractivity contribution in [1.82, 2.24) is 9.78 Å². The molecule has 1 N–H and O–H groups in total. The number of nitrogens with zero attached hydrogens (tertiary/aromatic N) is 2. The van der Waals surface area contributed by atoms with Gasteiger partial charge in [-0.2, -0.15) is 5.10 Å². The number of rotatable bonds is 4. The molecule has 1 atom stereocenters. The van der Waals surface area contributed by atoms with Crippen LogP contribution in [0.2, 0.25) is 0 Å². The molecule has 2 aromatic rings. The molecule has 5 heteroatoms. The van der Waals surface area contributed by atoms with Crippen LogP contribution in [0, 0.1) is 0 Å². The predicted octanol–water partition coefficient (Wildman–Crippen LogP) is 1.13. The summed E-state index contributed by atoms with van der Waals surface area (Å²) in [4.78, 5) is 11.2. The van der Waals surface area contributed by atoms with E-state index in [9.17, 15) is 9.90 Å². The van der Waals surface area contributed by atoms with Gasteiger partial charge in [0.1, 0.15) is 0 Å². The van der Waals surface area contributed by atoms with E-state index in [2.05, 4.69) is 9.84 Å². The highest BCUT2D eigenvalue weighted by Gasteiger charge is 2.19. The second-order valence-electron chi connectivity index (χ2n) is 4.02. The minimum atomic E-state index is -1.17. The first kappa shape index (κ1) is 12.6. The molecule has 0 saturated heterocycles. The fourth-order valence-electron chi connectivity index (χ4n) is 1.99. The van der Waals surface area contributed by atoms with E-state index in [1.807, 2.05) is 35.9 Å². The third-order valence-corrected chi connectivity index (χ3v) is 2.89. The number of para-hydroxylation sites is 1. The highest BCUT2D eigenvalue weighted by molar-refractivity contribution is 5.83. The molecule has 0 fully saturated rings. The lowest BCUT2D eigenvalue weighted by molar-refractivity contribution is -0.150. The van der Waals surface area contributed by atoms with Gasteiger partial charge in [0.25, 0.3) is 0 Å². The Morgan fingerprint density at radius 1 is 1.50 bits per heavy atom. The molecule has 1 aromatic heterocycles. The lowest BCUT2D eigenvalue weighted by atomic mass is 10.1. The number of methoxy groups -OCH3 is 1.